The lowest BCUT2D eigenvalue weighted by molar-refractivity contribution is -0.123. The van der Waals surface area contributed by atoms with E-state index in [1.165, 1.54) is 13.2 Å². The molecule has 8 heteroatoms. The molecule has 1 aromatic rings. The Morgan fingerprint density at radius 3 is 2.82 bits per heavy atom. The average Bonchev–Trinajstić information content (AvgIpc) is 2.94. The lowest BCUT2D eigenvalue weighted by atomic mass is 10.1. The molecule has 5 nitrogen and oxygen atoms in total. The maximum atomic E-state index is 13.9. The molecular formula is C14H15ClF2N2O3. The topological polar surface area (TPSA) is 67.4 Å². The fourth-order valence-corrected chi connectivity index (χ4v) is 2.45. The Labute approximate surface area is 131 Å². The van der Waals surface area contributed by atoms with Gasteiger partial charge in [-0.3, -0.25) is 4.79 Å². The molecule has 1 heterocycles. The lowest BCUT2D eigenvalue weighted by Crippen LogP contribution is -2.40. The molecule has 1 aliphatic rings. The summed E-state index contributed by atoms with van der Waals surface area (Å²) in [4.78, 5) is 23.3. The zero-order valence-electron chi connectivity index (χ0n) is 11.8. The maximum Gasteiger partial charge on any atom is 0.337 e. The molecule has 0 saturated carbocycles. The van der Waals surface area contributed by atoms with Crippen molar-refractivity contribution in [2.45, 2.75) is 25.2 Å². The van der Waals surface area contributed by atoms with E-state index in [1.807, 2.05) is 0 Å². The number of hydrogen-bond donors (Lipinski definition) is 2. The number of esters is 1. The van der Waals surface area contributed by atoms with Crippen molar-refractivity contribution in [2.24, 2.45) is 0 Å². The molecule has 2 atom stereocenters. The Bertz CT molecular complexity index is 598. The van der Waals surface area contributed by atoms with E-state index in [9.17, 15) is 18.4 Å². The van der Waals surface area contributed by atoms with E-state index in [0.29, 0.717) is 0 Å². The Kier molecular flexibility index (Phi) is 5.31. The summed E-state index contributed by atoms with van der Waals surface area (Å²) in [5.74, 6) is -1.82. The molecule has 1 saturated heterocycles. The lowest BCUT2D eigenvalue weighted by Gasteiger charge is -2.12. The fraction of sp³-hybridized carbons (Fsp3) is 0.429. The predicted molar refractivity (Wildman–Crippen MR) is 75.9 cm³/mol. The number of rotatable bonds is 4. The average molecular weight is 333 g/mol. The molecule has 0 radical (unpaired) electrons. The summed E-state index contributed by atoms with van der Waals surface area (Å²) in [6.45, 7) is -0.0412. The van der Waals surface area contributed by atoms with E-state index in [1.54, 1.807) is 0 Å². The summed E-state index contributed by atoms with van der Waals surface area (Å²) in [6.07, 6.45) is -0.985. The van der Waals surface area contributed by atoms with Crippen LogP contribution in [0.3, 0.4) is 0 Å². The fourth-order valence-electron chi connectivity index (χ4n) is 2.21. The van der Waals surface area contributed by atoms with Crippen LogP contribution in [-0.4, -0.2) is 37.7 Å². The monoisotopic (exact) mass is 332 g/mol. The minimum atomic E-state index is -1.07. The molecule has 0 bridgehead atoms. The first kappa shape index (κ1) is 16.6. The molecule has 1 aliphatic heterocycles. The number of methoxy groups -OCH3 is 1. The van der Waals surface area contributed by atoms with Crippen molar-refractivity contribution < 1.29 is 23.1 Å². The van der Waals surface area contributed by atoms with Gasteiger partial charge in [0.2, 0.25) is 5.91 Å². The SMILES string of the molecule is COC(=O)c1cc(Cl)c(F)c(CNC(=O)[C@@H]2C[C@@H](F)CN2)c1. The Morgan fingerprint density at radius 2 is 2.23 bits per heavy atom. The van der Waals surface area contributed by atoms with Crippen LogP contribution in [-0.2, 0) is 16.1 Å². The van der Waals surface area contributed by atoms with Crippen LogP contribution in [0.2, 0.25) is 5.02 Å². The summed E-state index contributed by atoms with van der Waals surface area (Å²) < 4.78 is 31.5. The highest BCUT2D eigenvalue weighted by atomic mass is 35.5. The number of carbonyl (C=O) groups excluding carboxylic acids is 2. The van der Waals surface area contributed by atoms with E-state index < -0.39 is 29.9 Å². The summed E-state index contributed by atoms with van der Waals surface area (Å²) in [5.41, 5.74) is 0.136. The van der Waals surface area contributed by atoms with Gasteiger partial charge in [0, 0.05) is 25.1 Å². The van der Waals surface area contributed by atoms with E-state index >= 15 is 0 Å². The molecule has 22 heavy (non-hydrogen) atoms. The molecule has 2 N–H and O–H groups in total. The van der Waals surface area contributed by atoms with Gasteiger partial charge in [0.15, 0.2) is 0 Å². The van der Waals surface area contributed by atoms with Gasteiger partial charge in [-0.15, -0.1) is 0 Å². The first-order chi connectivity index (χ1) is 10.4. The highest BCUT2D eigenvalue weighted by Crippen LogP contribution is 2.21. The van der Waals surface area contributed by atoms with Crippen LogP contribution in [0.1, 0.15) is 22.3 Å². The zero-order valence-corrected chi connectivity index (χ0v) is 12.5. The Balaban J connectivity index is 2.07. The molecule has 0 spiro atoms. The van der Waals surface area contributed by atoms with Crippen LogP contribution >= 0.6 is 11.6 Å². The summed E-state index contributed by atoms with van der Waals surface area (Å²) in [5, 5.41) is 4.98. The number of halogens is 3. The van der Waals surface area contributed by atoms with Gasteiger partial charge >= 0.3 is 5.97 Å². The Hall–Kier alpha value is -1.73. The second kappa shape index (κ2) is 7.02. The molecule has 0 aliphatic carbocycles. The van der Waals surface area contributed by atoms with Crippen LogP contribution in [0.4, 0.5) is 8.78 Å². The minimum Gasteiger partial charge on any atom is -0.465 e. The predicted octanol–water partition coefficient (Wildman–Crippen LogP) is 1.58. The number of carbonyl (C=O) groups is 2. The van der Waals surface area contributed by atoms with Crippen molar-refractivity contribution in [3.05, 3.63) is 34.1 Å². The van der Waals surface area contributed by atoms with Crippen molar-refractivity contribution in [2.75, 3.05) is 13.7 Å². The van der Waals surface area contributed by atoms with Crippen molar-refractivity contribution in [1.29, 1.82) is 0 Å². The summed E-state index contributed by atoms with van der Waals surface area (Å²) in [7, 11) is 1.19. The quantitative estimate of drug-likeness (QED) is 0.822. The minimum absolute atomic E-state index is 0.0519. The molecule has 1 fully saturated rings. The molecule has 0 aromatic heterocycles. The van der Waals surface area contributed by atoms with Crippen molar-refractivity contribution >= 4 is 23.5 Å². The number of benzene rings is 1. The van der Waals surface area contributed by atoms with Crippen LogP contribution in [0, 0.1) is 5.82 Å². The van der Waals surface area contributed by atoms with Gasteiger partial charge in [-0.05, 0) is 12.1 Å². The van der Waals surface area contributed by atoms with Crippen LogP contribution in [0.5, 0.6) is 0 Å². The molecule has 1 aromatic carbocycles. The van der Waals surface area contributed by atoms with E-state index in [2.05, 4.69) is 15.4 Å². The standard InChI is InChI=1S/C14H15ClF2N2O3/c1-22-14(21)7-2-8(12(17)10(15)3-7)5-19-13(20)11-4-9(16)6-18-11/h2-3,9,11,18H,4-6H2,1H3,(H,19,20)/t9-,11+/m1/s1. The molecular weight excluding hydrogens is 318 g/mol. The summed E-state index contributed by atoms with van der Waals surface area (Å²) >= 11 is 5.72. The second-order valence-electron chi connectivity index (χ2n) is 4.93. The molecule has 120 valence electrons. The highest BCUT2D eigenvalue weighted by molar-refractivity contribution is 6.31. The second-order valence-corrected chi connectivity index (χ2v) is 5.34. The van der Waals surface area contributed by atoms with Gasteiger partial charge in [-0.1, -0.05) is 11.6 Å². The van der Waals surface area contributed by atoms with Crippen molar-refractivity contribution in [1.82, 2.24) is 10.6 Å². The van der Waals surface area contributed by atoms with Gasteiger partial charge in [0.25, 0.3) is 0 Å². The number of nitrogens with one attached hydrogen (secondary N) is 2. The number of alkyl halides is 1. The van der Waals surface area contributed by atoms with Crippen LogP contribution in [0.25, 0.3) is 0 Å². The van der Waals surface area contributed by atoms with Gasteiger partial charge in [-0.25, -0.2) is 13.6 Å². The highest BCUT2D eigenvalue weighted by Gasteiger charge is 2.29. The number of amides is 1. The largest absolute Gasteiger partial charge is 0.465 e. The van der Waals surface area contributed by atoms with Crippen LogP contribution in [0.15, 0.2) is 12.1 Å². The van der Waals surface area contributed by atoms with E-state index in [-0.39, 0.29) is 35.7 Å². The first-order valence-corrected chi connectivity index (χ1v) is 7.01. The van der Waals surface area contributed by atoms with Gasteiger partial charge < -0.3 is 15.4 Å². The van der Waals surface area contributed by atoms with Gasteiger partial charge in [0.05, 0.1) is 23.7 Å². The smallest absolute Gasteiger partial charge is 0.337 e. The number of ether oxygens (including phenoxy) is 1. The Morgan fingerprint density at radius 1 is 1.50 bits per heavy atom. The number of hydrogen-bond acceptors (Lipinski definition) is 4. The van der Waals surface area contributed by atoms with Crippen molar-refractivity contribution in [3.8, 4) is 0 Å². The maximum absolute atomic E-state index is 13.9. The van der Waals surface area contributed by atoms with Crippen molar-refractivity contribution in [3.63, 3.8) is 0 Å². The van der Waals surface area contributed by atoms with Gasteiger partial charge in [-0.2, -0.15) is 0 Å². The zero-order chi connectivity index (χ0) is 16.3. The molecule has 0 unspecified atom stereocenters. The molecule has 1 amide bonds. The van der Waals surface area contributed by atoms with E-state index in [0.717, 1.165) is 6.07 Å². The normalized spacial score (nSPS) is 20.7. The molecule has 2 rings (SSSR count). The summed E-state index contributed by atoms with van der Waals surface area (Å²) in [6, 6.07) is 1.77. The first-order valence-electron chi connectivity index (χ1n) is 6.63. The van der Waals surface area contributed by atoms with E-state index in [4.69, 9.17) is 11.6 Å². The third-order valence-electron chi connectivity index (χ3n) is 3.37. The van der Waals surface area contributed by atoms with Gasteiger partial charge in [0.1, 0.15) is 12.0 Å². The third kappa shape index (κ3) is 3.72. The van der Waals surface area contributed by atoms with Crippen LogP contribution < -0.4 is 10.6 Å². The third-order valence-corrected chi connectivity index (χ3v) is 3.65.